The van der Waals surface area contributed by atoms with Crippen molar-refractivity contribution < 1.29 is 138 Å². The lowest BCUT2D eigenvalue weighted by atomic mass is 10.1. The molecule has 9 aliphatic heterocycles. The molecule has 0 N–H and O–H groups in total. The van der Waals surface area contributed by atoms with Crippen molar-refractivity contribution in [2.75, 3.05) is 113 Å². The van der Waals surface area contributed by atoms with Gasteiger partial charge in [-0.25, -0.2) is 43.2 Å². The number of carbonyl (C=O) groups is 9. The van der Waals surface area contributed by atoms with Crippen LogP contribution in [0, 0.1) is 0 Å². The lowest BCUT2D eigenvalue weighted by Gasteiger charge is -2.38. The van der Waals surface area contributed by atoms with Gasteiger partial charge in [0.25, 0.3) is 0 Å². The van der Waals surface area contributed by atoms with E-state index in [1.54, 1.807) is 158 Å². The summed E-state index contributed by atoms with van der Waals surface area (Å²) in [6.45, 7) is 79.5. The van der Waals surface area contributed by atoms with Crippen LogP contribution in [0.5, 0.6) is 0 Å². The van der Waals surface area contributed by atoms with E-state index in [1.165, 1.54) is 6.08 Å². The Morgan fingerprint density at radius 2 is 0.496 bits per heavy atom. The van der Waals surface area contributed by atoms with Crippen LogP contribution in [-0.4, -0.2) is 268 Å². The number of hydrogen-bond acceptors (Lipinski definition) is 36. The molecule has 714 valence electrons. The van der Waals surface area contributed by atoms with Crippen LogP contribution >= 0.6 is 82.3 Å². The maximum atomic E-state index is 11.5. The number of thioether (sulfide) groups is 7. The summed E-state index contributed by atoms with van der Waals surface area (Å²) in [4.78, 5) is 99.3. The van der Waals surface area contributed by atoms with Gasteiger partial charge in [0.1, 0.15) is 30.5 Å². The third-order valence-electron chi connectivity index (χ3n) is 19.9. The van der Waals surface area contributed by atoms with Gasteiger partial charge in [0.2, 0.25) is 34.7 Å². The third-order valence-corrected chi connectivity index (χ3v) is 29.7. The van der Waals surface area contributed by atoms with Crippen LogP contribution in [0.25, 0.3) is 0 Å². The molecule has 0 amide bonds. The van der Waals surface area contributed by atoms with E-state index in [4.69, 9.17) is 94.7 Å². The van der Waals surface area contributed by atoms with E-state index >= 15 is 0 Å². The summed E-state index contributed by atoms with van der Waals surface area (Å²) in [5.41, 5.74) is 2.00. The van der Waals surface area contributed by atoms with Crippen LogP contribution < -0.4 is 0 Å². The van der Waals surface area contributed by atoms with Crippen molar-refractivity contribution in [3.05, 3.63) is 111 Å². The fraction of sp³-hybridized carbons (Fsp3) is 0.697. The summed E-state index contributed by atoms with van der Waals surface area (Å²) in [5.74, 6) is -2.26. The van der Waals surface area contributed by atoms with Gasteiger partial charge in [0, 0.05) is 123 Å². The molecule has 18 atom stereocenters. The van der Waals surface area contributed by atoms with E-state index in [2.05, 4.69) is 59.2 Å². The maximum Gasteiger partial charge on any atom is 0.335 e. The third kappa shape index (κ3) is 41.9. The maximum absolute atomic E-state index is 11.5. The molecule has 9 rings (SSSR count). The summed E-state index contributed by atoms with van der Waals surface area (Å²) in [6, 6.07) is 0. The van der Waals surface area contributed by atoms with Crippen LogP contribution in [0.4, 0.5) is 0 Å². The van der Waals surface area contributed by atoms with E-state index in [0.29, 0.717) is 93.9 Å². The Balaban J connectivity index is 0.000000703. The van der Waals surface area contributed by atoms with Gasteiger partial charge in [-0.15, -0.1) is 58.8 Å². The first kappa shape index (κ1) is 118. The van der Waals surface area contributed by atoms with Crippen molar-refractivity contribution in [1.29, 1.82) is 0 Å². The van der Waals surface area contributed by atoms with Crippen LogP contribution in [0.2, 0.25) is 0 Å². The highest BCUT2D eigenvalue weighted by Crippen LogP contribution is 2.41. The average Bonchev–Trinajstić information content (AvgIpc) is 1.60. The number of carbonyl (C=O) groups excluding carboxylic acids is 9. The Morgan fingerprint density at radius 3 is 0.808 bits per heavy atom. The second-order valence-electron chi connectivity index (χ2n) is 30.8. The van der Waals surface area contributed by atoms with Gasteiger partial charge in [-0.2, -0.15) is 23.5 Å². The fourth-order valence-corrected chi connectivity index (χ4v) is 17.5. The van der Waals surface area contributed by atoms with Gasteiger partial charge in [0.15, 0.2) is 14.8 Å². The first-order valence-electron chi connectivity index (χ1n) is 41.3. The molecule has 0 saturated carbocycles. The largest absolute Gasteiger partial charge is 0.442 e. The normalized spacial score (nSPS) is 32.8. The predicted octanol–water partition coefficient (Wildman–Crippen LogP) is 15.9. The molecule has 9 saturated heterocycles. The van der Waals surface area contributed by atoms with Gasteiger partial charge in [0.05, 0.1) is 87.1 Å². The molecule has 0 radical (unpaired) electrons. The quantitative estimate of drug-likeness (QED) is 0.0699. The van der Waals surface area contributed by atoms with E-state index < -0.39 is 79.4 Å². The smallest absolute Gasteiger partial charge is 0.335 e. The second kappa shape index (κ2) is 57.3. The van der Waals surface area contributed by atoms with Crippen molar-refractivity contribution >= 4 is 136 Å². The highest BCUT2D eigenvalue weighted by molar-refractivity contribution is 8.01. The molecule has 0 aromatic heterocycles. The van der Waals surface area contributed by atoms with Crippen LogP contribution in [0.15, 0.2) is 111 Å². The minimum Gasteiger partial charge on any atom is -0.442 e. The van der Waals surface area contributed by atoms with Crippen molar-refractivity contribution in [3.63, 3.8) is 0 Å². The van der Waals surface area contributed by atoms with E-state index in [9.17, 15) is 43.2 Å². The zero-order valence-corrected chi connectivity index (χ0v) is 83.6. The zero-order chi connectivity index (χ0) is 95.5. The van der Waals surface area contributed by atoms with Gasteiger partial charge in [-0.05, 0) is 154 Å². The molecule has 0 aromatic rings. The van der Waals surface area contributed by atoms with Gasteiger partial charge >= 0.3 is 53.7 Å². The van der Waals surface area contributed by atoms with Gasteiger partial charge in [-0.1, -0.05) is 59.2 Å². The summed E-state index contributed by atoms with van der Waals surface area (Å²) in [5, 5.41) is 0.599. The molecule has 0 aliphatic carbocycles. The van der Waals surface area contributed by atoms with Crippen LogP contribution in [0.3, 0.4) is 0 Å². The van der Waals surface area contributed by atoms with E-state index in [0.717, 1.165) is 84.4 Å². The predicted molar refractivity (Wildman–Crippen MR) is 497 cm³/mol. The monoisotopic (exact) mass is 1900 g/mol. The summed E-state index contributed by atoms with van der Waals surface area (Å²) < 4.78 is 107. The Bertz CT molecular complexity index is 3300. The molecule has 36 heteroatoms. The average molecular weight is 1900 g/mol. The summed E-state index contributed by atoms with van der Waals surface area (Å²) in [7, 11) is 0. The molecular formula is C89H142O29S7. The van der Waals surface area contributed by atoms with Crippen molar-refractivity contribution in [1.82, 2.24) is 0 Å². The van der Waals surface area contributed by atoms with Crippen LogP contribution in [-0.2, 0) is 138 Å². The number of ether oxygens (including phenoxy) is 20. The molecule has 9 aliphatic rings. The minimum atomic E-state index is -0.992. The summed E-state index contributed by atoms with van der Waals surface area (Å²) >= 11 is 11.9. The SMILES string of the molecule is C=C(C)C(=O)OC1(C)OCCCSC1C.C=C(C)C(=O)OC1(C)OCCOC1C.C=C(C)C(=O)OC1(C)OCCSC1C.C=C(C)C(=O)OC1(C)SCCCOC1C.C=C(C)C(=O)OC1(C)SCCOC1C.C=CC(=O)OC1(C)OCCCSC1C.C=CC(=O)OC1(C)OCCOC1C.C=CC(=O)OC1(C)OCCSC1C.C=CC(=O)OC1(C)SCCOC1C. The number of hydrogen-bond donors (Lipinski definition) is 0. The second-order valence-corrected chi connectivity index (χ2v) is 41.1. The van der Waals surface area contributed by atoms with Crippen molar-refractivity contribution in [3.8, 4) is 0 Å². The lowest BCUT2D eigenvalue weighted by molar-refractivity contribution is -0.296. The standard InChI is InChI=1S/2C11H18O3S.C10H16O4.3C10H16O3S.C9H14O4.2C9H14O3S/c1-8(2)10(12)14-11(4)9(3)15-7-5-6-13-11;1-8(2)10(12)14-11(4)9(3)13-6-5-7-15-11;1-7(2)9(11)14-10(4)8(3)12-5-6-13-10;1-7(2)9(11)13-10(4)8(3)14-6-5-12-10;1-7(2)9(11)13-10(4)8(3)12-5-6-14-10;1-4-9(11)13-10(3)8(2)14-7-5-6-12-10;1-4-8(10)13-9(3)7(2)11-5-6-12-9;1-4-8(10)12-9(3)7(2)13-6-5-11-9;1-4-8(10)12-9(3)7(2)11-5-6-13-9/h2*9H,1,5-7H2,2-4H3;3*8H,1,5-6H2,2-4H3;4,8H,1,5-7H2,2-3H3;3*4,7H,1,5-6H2,2-3H3. The highest BCUT2D eigenvalue weighted by atomic mass is 32.2. The number of esters is 9. The molecule has 9 fully saturated rings. The molecule has 9 heterocycles. The fourth-order valence-electron chi connectivity index (χ4n) is 10.3. The first-order valence-corrected chi connectivity index (χ1v) is 48.4. The minimum absolute atomic E-state index is 0.0739. The highest BCUT2D eigenvalue weighted by Gasteiger charge is 2.47. The molecule has 18 unspecified atom stereocenters. The molecule has 125 heavy (non-hydrogen) atoms. The van der Waals surface area contributed by atoms with Crippen molar-refractivity contribution in [2.45, 2.75) is 280 Å². The molecule has 0 bridgehead atoms. The van der Waals surface area contributed by atoms with Gasteiger partial charge in [-0.3, -0.25) is 0 Å². The Morgan fingerprint density at radius 1 is 0.264 bits per heavy atom. The van der Waals surface area contributed by atoms with E-state index in [-0.39, 0.29) is 75.4 Å². The first-order chi connectivity index (χ1) is 58.1. The van der Waals surface area contributed by atoms with Crippen LogP contribution in [0.1, 0.15) is 179 Å². The Labute approximate surface area is 772 Å². The lowest BCUT2D eigenvalue weighted by Crippen LogP contribution is -2.50. The molecule has 29 nitrogen and oxygen atoms in total. The Hall–Kier alpha value is -5.10. The number of rotatable bonds is 18. The van der Waals surface area contributed by atoms with Gasteiger partial charge < -0.3 is 94.7 Å². The zero-order valence-electron chi connectivity index (χ0n) is 77.9. The van der Waals surface area contributed by atoms with Crippen molar-refractivity contribution in [2.24, 2.45) is 0 Å². The molecular weight excluding hydrogens is 1760 g/mol. The topological polar surface area (TPSA) is 338 Å². The summed E-state index contributed by atoms with van der Waals surface area (Å²) in [6.07, 6.45) is 6.82. The van der Waals surface area contributed by atoms with E-state index in [1.807, 2.05) is 83.1 Å². The molecule has 0 aromatic carbocycles. The molecule has 0 spiro atoms. The Kier molecular flexibility index (Phi) is 54.0.